The molecule has 0 aliphatic rings. The smallest absolute Gasteiger partial charge is 0.258 e. The third-order valence-electron chi connectivity index (χ3n) is 5.40. The molecule has 3 nitrogen and oxygen atoms in total. The molecule has 0 radical (unpaired) electrons. The van der Waals surface area contributed by atoms with E-state index in [1.54, 1.807) is 11.6 Å². The Hall–Kier alpha value is -3.33. The van der Waals surface area contributed by atoms with Crippen LogP contribution in [0.3, 0.4) is 0 Å². The van der Waals surface area contributed by atoms with Crippen LogP contribution >= 0.6 is 0 Å². The van der Waals surface area contributed by atoms with Gasteiger partial charge in [0.05, 0.1) is 0 Å². The number of pyridine rings is 1. The number of aromatic nitrogens is 1. The number of benzene rings is 3. The van der Waals surface area contributed by atoms with E-state index in [-0.39, 0.29) is 5.56 Å². The Kier molecular flexibility index (Phi) is 4.98. The lowest BCUT2D eigenvalue weighted by Gasteiger charge is -2.18. The number of ether oxygens (including phenoxy) is 1. The molecule has 146 valence electrons. The lowest BCUT2D eigenvalue weighted by molar-refractivity contribution is 0.480. The molecule has 4 rings (SSSR count). The highest BCUT2D eigenvalue weighted by molar-refractivity contribution is 5.98. The summed E-state index contributed by atoms with van der Waals surface area (Å²) >= 11 is 0. The molecule has 0 unspecified atom stereocenters. The van der Waals surface area contributed by atoms with E-state index < -0.39 is 0 Å². The van der Waals surface area contributed by atoms with Gasteiger partial charge >= 0.3 is 0 Å². The minimum absolute atomic E-state index is 0.00942. The van der Waals surface area contributed by atoms with Gasteiger partial charge in [-0.1, -0.05) is 55.0 Å². The van der Waals surface area contributed by atoms with Gasteiger partial charge in [0.25, 0.3) is 5.56 Å². The highest BCUT2D eigenvalue weighted by Gasteiger charge is 2.17. The maximum Gasteiger partial charge on any atom is 0.258 e. The summed E-state index contributed by atoms with van der Waals surface area (Å²) in [5.41, 5.74) is 5.57. The van der Waals surface area contributed by atoms with Crippen LogP contribution in [0.25, 0.3) is 21.9 Å². The zero-order chi connectivity index (χ0) is 20.5. The Morgan fingerprint density at radius 3 is 2.38 bits per heavy atom. The van der Waals surface area contributed by atoms with E-state index in [9.17, 15) is 4.79 Å². The second kappa shape index (κ2) is 7.59. The summed E-state index contributed by atoms with van der Waals surface area (Å²) in [5, 5.41) is 1.66. The molecule has 0 fully saturated rings. The van der Waals surface area contributed by atoms with Crippen molar-refractivity contribution in [2.24, 2.45) is 7.05 Å². The Morgan fingerprint density at radius 1 is 0.897 bits per heavy atom. The highest BCUT2D eigenvalue weighted by Crippen LogP contribution is 2.40. The van der Waals surface area contributed by atoms with Crippen LogP contribution in [0.4, 0.5) is 0 Å². The minimum atomic E-state index is 0.00942. The average molecular weight is 383 g/mol. The molecule has 3 heteroatoms. The predicted molar refractivity (Wildman–Crippen MR) is 120 cm³/mol. The third-order valence-corrected chi connectivity index (χ3v) is 5.40. The zero-order valence-electron chi connectivity index (χ0n) is 17.3. The van der Waals surface area contributed by atoms with Crippen molar-refractivity contribution in [3.8, 4) is 22.6 Å². The Morgan fingerprint density at radius 2 is 1.66 bits per heavy atom. The number of nitrogens with zero attached hydrogens (tertiary/aromatic N) is 1. The number of hydrogen-bond acceptors (Lipinski definition) is 2. The zero-order valence-corrected chi connectivity index (χ0v) is 17.3. The molecular weight excluding hydrogens is 358 g/mol. The molecule has 0 atom stereocenters. The maximum absolute atomic E-state index is 12.7. The van der Waals surface area contributed by atoms with Crippen molar-refractivity contribution in [1.82, 2.24) is 4.57 Å². The van der Waals surface area contributed by atoms with Crippen molar-refractivity contribution in [2.45, 2.75) is 27.2 Å². The summed E-state index contributed by atoms with van der Waals surface area (Å²) in [4.78, 5) is 12.7. The predicted octanol–water partition coefficient (Wildman–Crippen LogP) is 6.18. The fourth-order valence-electron chi connectivity index (χ4n) is 3.91. The molecule has 0 spiro atoms. The average Bonchev–Trinajstić information content (AvgIpc) is 2.72. The second-order valence-electron chi connectivity index (χ2n) is 7.52. The summed E-state index contributed by atoms with van der Waals surface area (Å²) in [6, 6.07) is 20.2. The molecule has 0 bridgehead atoms. The normalized spacial score (nSPS) is 11.0. The van der Waals surface area contributed by atoms with Gasteiger partial charge in [0.1, 0.15) is 11.5 Å². The number of hydrogen-bond donors (Lipinski definition) is 0. The SMILES string of the molecule is CCc1cccc(Oc2ccc(C)cc2C)c1-c1cn(C)c(=O)c2ccccc12. The van der Waals surface area contributed by atoms with Crippen molar-refractivity contribution in [1.29, 1.82) is 0 Å². The fraction of sp³-hybridized carbons (Fsp3) is 0.192. The molecule has 29 heavy (non-hydrogen) atoms. The van der Waals surface area contributed by atoms with Crippen molar-refractivity contribution in [3.05, 3.63) is 93.9 Å². The van der Waals surface area contributed by atoms with Gasteiger partial charge in [-0.2, -0.15) is 0 Å². The van der Waals surface area contributed by atoms with Crippen LogP contribution in [0.2, 0.25) is 0 Å². The number of fused-ring (bicyclic) bond motifs is 1. The Bertz CT molecular complexity index is 1270. The topological polar surface area (TPSA) is 31.2 Å². The van der Waals surface area contributed by atoms with Crippen molar-refractivity contribution < 1.29 is 4.74 Å². The summed E-state index contributed by atoms with van der Waals surface area (Å²) in [6.45, 7) is 6.29. The summed E-state index contributed by atoms with van der Waals surface area (Å²) in [5.74, 6) is 1.65. The molecular formula is C26H25NO2. The lowest BCUT2D eigenvalue weighted by Crippen LogP contribution is -2.16. The Balaban J connectivity index is 1.99. The molecule has 1 heterocycles. The first kappa shape index (κ1) is 19.0. The van der Waals surface area contributed by atoms with E-state index in [0.717, 1.165) is 45.4 Å². The maximum atomic E-state index is 12.7. The summed E-state index contributed by atoms with van der Waals surface area (Å²) < 4.78 is 8.08. The van der Waals surface area contributed by atoms with Crippen LogP contribution in [-0.2, 0) is 13.5 Å². The fourth-order valence-corrected chi connectivity index (χ4v) is 3.91. The minimum Gasteiger partial charge on any atom is -0.456 e. The van der Waals surface area contributed by atoms with Gasteiger partial charge < -0.3 is 9.30 Å². The monoisotopic (exact) mass is 383 g/mol. The third kappa shape index (κ3) is 3.44. The van der Waals surface area contributed by atoms with Gasteiger partial charge in [-0.3, -0.25) is 4.79 Å². The molecule has 4 aromatic rings. The number of aryl methyl sites for hydroxylation is 4. The quantitative estimate of drug-likeness (QED) is 0.421. The first-order valence-electron chi connectivity index (χ1n) is 9.95. The molecule has 0 N–H and O–H groups in total. The van der Waals surface area contributed by atoms with E-state index in [4.69, 9.17) is 4.74 Å². The van der Waals surface area contributed by atoms with Crippen LogP contribution in [0, 0.1) is 13.8 Å². The molecule has 0 saturated carbocycles. The molecule has 0 amide bonds. The molecule has 0 aliphatic carbocycles. The van der Waals surface area contributed by atoms with E-state index in [1.165, 1.54) is 11.1 Å². The van der Waals surface area contributed by atoms with Gasteiger partial charge in [-0.25, -0.2) is 0 Å². The van der Waals surface area contributed by atoms with Crippen LogP contribution < -0.4 is 10.3 Å². The molecule has 3 aromatic carbocycles. The van der Waals surface area contributed by atoms with Gasteiger partial charge in [-0.05, 0) is 55.0 Å². The Labute approximate surface area is 171 Å². The highest BCUT2D eigenvalue weighted by atomic mass is 16.5. The van der Waals surface area contributed by atoms with E-state index in [2.05, 4.69) is 39.0 Å². The summed E-state index contributed by atoms with van der Waals surface area (Å²) in [7, 11) is 1.80. The second-order valence-corrected chi connectivity index (χ2v) is 7.52. The van der Waals surface area contributed by atoms with Crippen molar-refractivity contribution >= 4 is 10.8 Å². The van der Waals surface area contributed by atoms with Gasteiger partial charge in [0, 0.05) is 29.8 Å². The first-order chi connectivity index (χ1) is 14.0. The number of rotatable bonds is 4. The largest absolute Gasteiger partial charge is 0.456 e. The standard InChI is InChI=1S/C26H25NO2/c1-5-19-9-8-12-24(29-23-14-13-17(2)15-18(23)3)25(19)22-16-27(4)26(28)21-11-7-6-10-20(21)22/h6-16H,5H2,1-4H3. The van der Waals surface area contributed by atoms with E-state index in [1.807, 2.05) is 48.7 Å². The lowest BCUT2D eigenvalue weighted by atomic mass is 9.94. The van der Waals surface area contributed by atoms with Gasteiger partial charge in [0.2, 0.25) is 0 Å². The van der Waals surface area contributed by atoms with Crippen LogP contribution in [-0.4, -0.2) is 4.57 Å². The van der Waals surface area contributed by atoms with Gasteiger partial charge in [-0.15, -0.1) is 0 Å². The van der Waals surface area contributed by atoms with Crippen LogP contribution in [0.1, 0.15) is 23.6 Å². The van der Waals surface area contributed by atoms with Crippen molar-refractivity contribution in [2.75, 3.05) is 0 Å². The molecule has 0 saturated heterocycles. The molecule has 1 aromatic heterocycles. The van der Waals surface area contributed by atoms with E-state index in [0.29, 0.717) is 0 Å². The van der Waals surface area contributed by atoms with E-state index >= 15 is 0 Å². The van der Waals surface area contributed by atoms with Crippen molar-refractivity contribution in [3.63, 3.8) is 0 Å². The van der Waals surface area contributed by atoms with Gasteiger partial charge in [0.15, 0.2) is 0 Å². The summed E-state index contributed by atoms with van der Waals surface area (Å²) in [6.07, 6.45) is 2.80. The van der Waals surface area contributed by atoms with Crippen LogP contribution in [0.15, 0.2) is 71.7 Å². The first-order valence-corrected chi connectivity index (χ1v) is 9.95. The molecule has 0 aliphatic heterocycles. The van der Waals surface area contributed by atoms with Crippen LogP contribution in [0.5, 0.6) is 11.5 Å².